The Kier molecular flexibility index (Phi) is 6.06. The summed E-state index contributed by atoms with van der Waals surface area (Å²) in [5.41, 5.74) is 3.38. The van der Waals surface area contributed by atoms with Crippen LogP contribution in [0.4, 0.5) is 0 Å². The minimum Gasteiger partial charge on any atom is -0.497 e. The number of ether oxygens (including phenoxy) is 2. The van der Waals surface area contributed by atoms with Crippen molar-refractivity contribution >= 4 is 18.2 Å². The van der Waals surface area contributed by atoms with Gasteiger partial charge in [-0.15, -0.1) is 12.4 Å². The molecule has 3 rings (SSSR count). The third-order valence-electron chi connectivity index (χ3n) is 3.98. The van der Waals surface area contributed by atoms with Gasteiger partial charge in [-0.2, -0.15) is 0 Å². The Morgan fingerprint density at radius 3 is 2.42 bits per heavy atom. The number of rotatable bonds is 5. The van der Waals surface area contributed by atoms with Gasteiger partial charge in [0, 0.05) is 18.1 Å². The Balaban J connectivity index is 0.00000208. The van der Waals surface area contributed by atoms with Crippen LogP contribution < -0.4 is 15.3 Å². The summed E-state index contributed by atoms with van der Waals surface area (Å²) < 4.78 is 10.7. The molecule has 0 spiro atoms. The lowest BCUT2D eigenvalue weighted by Gasteiger charge is -2.14. The van der Waals surface area contributed by atoms with Gasteiger partial charge in [-0.05, 0) is 17.2 Å². The molecule has 0 aliphatic carbocycles. The second-order valence-electron chi connectivity index (χ2n) is 5.45. The summed E-state index contributed by atoms with van der Waals surface area (Å²) in [5, 5.41) is 1.70. The van der Waals surface area contributed by atoms with Gasteiger partial charge in [-0.3, -0.25) is 10.0 Å². The molecule has 2 aromatic carbocycles. The van der Waals surface area contributed by atoms with Gasteiger partial charge < -0.3 is 9.47 Å². The van der Waals surface area contributed by atoms with Gasteiger partial charge in [0.25, 0.3) is 0 Å². The number of hydrogen-bond acceptors (Lipinski definition) is 5. The number of amidine groups is 1. The van der Waals surface area contributed by atoms with Crippen LogP contribution in [0.1, 0.15) is 16.7 Å². The number of hydrogen-bond donors (Lipinski definition) is 1. The second kappa shape index (κ2) is 8.04. The van der Waals surface area contributed by atoms with E-state index in [1.165, 1.54) is 5.56 Å². The van der Waals surface area contributed by atoms with E-state index in [9.17, 15) is 0 Å². The molecule has 24 heavy (non-hydrogen) atoms. The normalized spacial score (nSPS) is 13.3. The summed E-state index contributed by atoms with van der Waals surface area (Å²) in [7, 11) is 3.33. The van der Waals surface area contributed by atoms with Crippen LogP contribution in [0.3, 0.4) is 0 Å². The Morgan fingerprint density at radius 2 is 1.83 bits per heavy atom. The maximum atomic E-state index is 5.91. The zero-order valence-electron chi connectivity index (χ0n) is 13.9. The molecule has 0 radical (unpaired) electrons. The van der Waals surface area contributed by atoms with Crippen LogP contribution in [0.25, 0.3) is 0 Å². The zero-order chi connectivity index (χ0) is 16.2. The van der Waals surface area contributed by atoms with Crippen LogP contribution >= 0.6 is 12.4 Å². The van der Waals surface area contributed by atoms with Gasteiger partial charge in [0.1, 0.15) is 17.3 Å². The van der Waals surface area contributed by atoms with Crippen LogP contribution in [0.5, 0.6) is 11.5 Å². The van der Waals surface area contributed by atoms with Crippen molar-refractivity contribution in [3.8, 4) is 11.5 Å². The molecule has 0 aromatic heterocycles. The Labute approximate surface area is 148 Å². The average molecular weight is 348 g/mol. The van der Waals surface area contributed by atoms with E-state index in [1.807, 2.05) is 18.2 Å². The molecule has 2 N–H and O–H groups in total. The Bertz CT molecular complexity index is 717. The largest absolute Gasteiger partial charge is 0.497 e. The molecule has 0 atom stereocenters. The standard InChI is InChI=1S/C18H21N3O2.ClH/c1-22-16-8-7-15(17(12-16)23-2)11-13-3-5-14(6-4-13)18-20-9-10-21(18)19;/h3-8,12H,9-11,19H2,1-2H3;1H. The SMILES string of the molecule is COc1ccc(Cc2ccc(C3=NCCN3N)cc2)c(OC)c1.Cl. The molecule has 0 amide bonds. The van der Waals surface area contributed by atoms with Crippen LogP contribution in [0.15, 0.2) is 47.5 Å². The summed E-state index contributed by atoms with van der Waals surface area (Å²) in [6.07, 6.45) is 0.798. The predicted molar refractivity (Wildman–Crippen MR) is 98.3 cm³/mol. The van der Waals surface area contributed by atoms with Crippen molar-refractivity contribution < 1.29 is 9.47 Å². The first kappa shape index (κ1) is 18.1. The molecule has 1 heterocycles. The van der Waals surface area contributed by atoms with Crippen molar-refractivity contribution in [2.75, 3.05) is 27.3 Å². The highest BCUT2D eigenvalue weighted by atomic mass is 35.5. The fourth-order valence-corrected chi connectivity index (χ4v) is 2.71. The average Bonchev–Trinajstić information content (AvgIpc) is 3.02. The van der Waals surface area contributed by atoms with Gasteiger partial charge >= 0.3 is 0 Å². The number of hydrazine groups is 1. The highest BCUT2D eigenvalue weighted by molar-refractivity contribution is 5.99. The maximum Gasteiger partial charge on any atom is 0.145 e. The number of halogens is 1. The van der Waals surface area contributed by atoms with Crippen molar-refractivity contribution in [2.45, 2.75) is 6.42 Å². The van der Waals surface area contributed by atoms with Crippen LogP contribution in [0.2, 0.25) is 0 Å². The van der Waals surface area contributed by atoms with E-state index in [4.69, 9.17) is 15.3 Å². The number of aliphatic imine (C=N–C) groups is 1. The molecule has 0 fully saturated rings. The molecular formula is C18H22ClN3O2. The zero-order valence-corrected chi connectivity index (χ0v) is 14.7. The summed E-state index contributed by atoms with van der Waals surface area (Å²) in [5.74, 6) is 8.40. The first-order chi connectivity index (χ1) is 11.2. The van der Waals surface area contributed by atoms with Gasteiger partial charge in [0.05, 0.1) is 27.3 Å². The lowest BCUT2D eigenvalue weighted by atomic mass is 10.0. The summed E-state index contributed by atoms with van der Waals surface area (Å²) in [4.78, 5) is 4.43. The number of methoxy groups -OCH3 is 2. The third-order valence-corrected chi connectivity index (χ3v) is 3.98. The fraction of sp³-hybridized carbons (Fsp3) is 0.278. The smallest absolute Gasteiger partial charge is 0.145 e. The Morgan fingerprint density at radius 1 is 1.08 bits per heavy atom. The maximum absolute atomic E-state index is 5.91. The van der Waals surface area contributed by atoms with Gasteiger partial charge in [-0.1, -0.05) is 30.3 Å². The van der Waals surface area contributed by atoms with E-state index in [0.717, 1.165) is 48.0 Å². The summed E-state index contributed by atoms with van der Waals surface area (Å²) in [6.45, 7) is 1.54. The molecule has 0 saturated heterocycles. The molecule has 0 unspecified atom stereocenters. The number of nitrogens with two attached hydrogens (primary N) is 1. The second-order valence-corrected chi connectivity index (χ2v) is 5.45. The molecule has 1 aliphatic rings. The van der Waals surface area contributed by atoms with E-state index in [0.29, 0.717) is 0 Å². The van der Waals surface area contributed by atoms with Crippen LogP contribution in [-0.4, -0.2) is 38.2 Å². The monoisotopic (exact) mass is 347 g/mol. The van der Waals surface area contributed by atoms with E-state index < -0.39 is 0 Å². The van der Waals surface area contributed by atoms with Gasteiger partial charge in [0.2, 0.25) is 0 Å². The van der Waals surface area contributed by atoms with E-state index in [2.05, 4.69) is 29.3 Å². The highest BCUT2D eigenvalue weighted by Gasteiger charge is 2.15. The first-order valence-electron chi connectivity index (χ1n) is 7.58. The molecule has 0 bridgehead atoms. The van der Waals surface area contributed by atoms with Crippen LogP contribution in [-0.2, 0) is 6.42 Å². The van der Waals surface area contributed by atoms with Crippen molar-refractivity contribution in [3.63, 3.8) is 0 Å². The quantitative estimate of drug-likeness (QED) is 0.845. The lowest BCUT2D eigenvalue weighted by Crippen LogP contribution is -2.34. The minimum absolute atomic E-state index is 0. The van der Waals surface area contributed by atoms with Crippen LogP contribution in [0, 0.1) is 0 Å². The molecule has 6 heteroatoms. The Hall–Kier alpha value is -2.24. The van der Waals surface area contributed by atoms with Crippen molar-refractivity contribution in [1.29, 1.82) is 0 Å². The fourth-order valence-electron chi connectivity index (χ4n) is 2.71. The third kappa shape index (κ3) is 3.80. The topological polar surface area (TPSA) is 60.1 Å². The van der Waals surface area contributed by atoms with Crippen molar-refractivity contribution in [2.24, 2.45) is 10.8 Å². The summed E-state index contributed by atoms with van der Waals surface area (Å²) >= 11 is 0. The summed E-state index contributed by atoms with van der Waals surface area (Å²) in [6, 6.07) is 14.2. The van der Waals surface area contributed by atoms with E-state index in [1.54, 1.807) is 19.2 Å². The predicted octanol–water partition coefficient (Wildman–Crippen LogP) is 2.65. The molecule has 2 aromatic rings. The first-order valence-corrected chi connectivity index (χ1v) is 7.58. The van der Waals surface area contributed by atoms with Gasteiger partial charge in [0.15, 0.2) is 0 Å². The number of benzene rings is 2. The van der Waals surface area contributed by atoms with E-state index >= 15 is 0 Å². The molecule has 128 valence electrons. The molecular weight excluding hydrogens is 326 g/mol. The minimum atomic E-state index is 0. The van der Waals surface area contributed by atoms with Crippen molar-refractivity contribution in [3.05, 3.63) is 59.2 Å². The molecule has 0 saturated carbocycles. The lowest BCUT2D eigenvalue weighted by molar-refractivity contribution is 0.391. The molecule has 5 nitrogen and oxygen atoms in total. The number of nitrogens with zero attached hydrogens (tertiary/aromatic N) is 2. The molecule has 1 aliphatic heterocycles. The van der Waals surface area contributed by atoms with E-state index in [-0.39, 0.29) is 12.4 Å². The highest BCUT2D eigenvalue weighted by Crippen LogP contribution is 2.26. The van der Waals surface area contributed by atoms with Crippen molar-refractivity contribution in [1.82, 2.24) is 5.01 Å². The van der Waals surface area contributed by atoms with Gasteiger partial charge in [-0.25, -0.2) is 5.84 Å².